The summed E-state index contributed by atoms with van der Waals surface area (Å²) in [5.41, 5.74) is 0. The van der Waals surface area contributed by atoms with Gasteiger partial charge in [0.2, 0.25) is 0 Å². The lowest BCUT2D eigenvalue weighted by atomic mass is 10.1. The zero-order chi connectivity index (χ0) is 13.0. The van der Waals surface area contributed by atoms with E-state index in [1.165, 1.54) is 6.33 Å². The second kappa shape index (κ2) is 6.20. The third-order valence-corrected chi connectivity index (χ3v) is 3.80. The van der Waals surface area contributed by atoms with Crippen molar-refractivity contribution in [2.24, 2.45) is 0 Å². The number of aromatic nitrogens is 2. The van der Waals surface area contributed by atoms with Crippen LogP contribution in [0.25, 0.3) is 0 Å². The van der Waals surface area contributed by atoms with Crippen LogP contribution in [0, 0.1) is 0 Å². The second-order valence-electron chi connectivity index (χ2n) is 3.99. The Bertz CT molecular complexity index is 504. The summed E-state index contributed by atoms with van der Waals surface area (Å²) < 4.78 is 5.98. The number of anilines is 1. The van der Waals surface area contributed by atoms with Crippen molar-refractivity contribution in [3.05, 3.63) is 40.1 Å². The number of halogens is 2. The van der Waals surface area contributed by atoms with Crippen LogP contribution >= 0.6 is 27.5 Å². The summed E-state index contributed by atoms with van der Waals surface area (Å²) in [6.07, 6.45) is 4.96. The van der Waals surface area contributed by atoms with Crippen LogP contribution in [0.2, 0.25) is 5.15 Å². The lowest BCUT2D eigenvalue weighted by Gasteiger charge is -2.14. The molecule has 0 fully saturated rings. The quantitative estimate of drug-likeness (QED) is 0.844. The second-order valence-corrected chi connectivity index (χ2v) is 5.14. The molecule has 0 aliphatic rings. The maximum Gasteiger partial charge on any atom is 0.148 e. The van der Waals surface area contributed by atoms with Crippen molar-refractivity contribution in [3.8, 4) is 0 Å². The standard InChI is InChI=1S/C12H13BrClN3O/c1-8(4-5-9-3-2-6-18-9)17-12-10(13)11(14)15-7-16-12/h2-3,6-8H,4-5H2,1H3,(H,15,16,17). The van der Waals surface area contributed by atoms with Gasteiger partial charge in [-0.1, -0.05) is 11.6 Å². The summed E-state index contributed by atoms with van der Waals surface area (Å²) in [5.74, 6) is 1.70. The Hall–Kier alpha value is -1.07. The molecule has 0 saturated heterocycles. The highest BCUT2D eigenvalue weighted by molar-refractivity contribution is 9.10. The van der Waals surface area contributed by atoms with Gasteiger partial charge in [0.1, 0.15) is 23.1 Å². The third kappa shape index (κ3) is 3.46. The fourth-order valence-electron chi connectivity index (χ4n) is 1.57. The first-order valence-electron chi connectivity index (χ1n) is 5.61. The predicted octanol–water partition coefficient (Wildman–Crippen LogP) is 3.92. The molecule has 0 aliphatic carbocycles. The first-order valence-corrected chi connectivity index (χ1v) is 6.79. The number of nitrogens with zero attached hydrogens (tertiary/aromatic N) is 2. The van der Waals surface area contributed by atoms with Crippen molar-refractivity contribution >= 4 is 33.3 Å². The highest BCUT2D eigenvalue weighted by atomic mass is 79.9. The van der Waals surface area contributed by atoms with Crippen molar-refractivity contribution in [1.82, 2.24) is 9.97 Å². The van der Waals surface area contributed by atoms with E-state index in [0.717, 1.165) is 18.6 Å². The summed E-state index contributed by atoms with van der Waals surface area (Å²) in [7, 11) is 0. The van der Waals surface area contributed by atoms with E-state index in [1.807, 2.05) is 12.1 Å². The van der Waals surface area contributed by atoms with Crippen molar-refractivity contribution < 1.29 is 4.42 Å². The van der Waals surface area contributed by atoms with Gasteiger partial charge in [-0.05, 0) is 41.4 Å². The summed E-state index contributed by atoms with van der Waals surface area (Å²) in [6, 6.07) is 4.13. The minimum absolute atomic E-state index is 0.261. The summed E-state index contributed by atoms with van der Waals surface area (Å²) >= 11 is 9.26. The predicted molar refractivity (Wildman–Crippen MR) is 74.9 cm³/mol. The molecular formula is C12H13BrClN3O. The van der Waals surface area contributed by atoms with Gasteiger partial charge in [0.05, 0.1) is 10.7 Å². The molecule has 0 aliphatic heterocycles. The third-order valence-electron chi connectivity index (χ3n) is 2.53. The summed E-state index contributed by atoms with van der Waals surface area (Å²) in [5, 5.41) is 3.70. The SMILES string of the molecule is CC(CCc1ccco1)Nc1ncnc(Cl)c1Br. The molecule has 1 N–H and O–H groups in total. The number of hydrogen-bond acceptors (Lipinski definition) is 4. The number of nitrogens with one attached hydrogen (secondary N) is 1. The molecule has 0 spiro atoms. The molecule has 2 aromatic rings. The zero-order valence-corrected chi connectivity index (χ0v) is 12.2. The Morgan fingerprint density at radius 1 is 1.50 bits per heavy atom. The fourth-order valence-corrected chi connectivity index (χ4v) is 2.02. The van der Waals surface area contributed by atoms with E-state index < -0.39 is 0 Å². The Balaban J connectivity index is 1.90. The summed E-state index contributed by atoms with van der Waals surface area (Å²) in [4.78, 5) is 8.03. The number of hydrogen-bond donors (Lipinski definition) is 1. The number of furan rings is 1. The van der Waals surface area contributed by atoms with Crippen LogP contribution in [-0.2, 0) is 6.42 Å². The van der Waals surface area contributed by atoms with Gasteiger partial charge in [-0.15, -0.1) is 0 Å². The monoisotopic (exact) mass is 329 g/mol. The molecule has 0 radical (unpaired) electrons. The fraction of sp³-hybridized carbons (Fsp3) is 0.333. The minimum atomic E-state index is 0.261. The molecule has 96 valence electrons. The van der Waals surface area contributed by atoms with Crippen LogP contribution in [-0.4, -0.2) is 16.0 Å². The van der Waals surface area contributed by atoms with E-state index in [9.17, 15) is 0 Å². The Kier molecular flexibility index (Phi) is 4.60. The normalized spacial score (nSPS) is 12.4. The molecule has 2 heterocycles. The van der Waals surface area contributed by atoms with Gasteiger partial charge in [0.15, 0.2) is 0 Å². The lowest BCUT2D eigenvalue weighted by Crippen LogP contribution is -2.17. The van der Waals surface area contributed by atoms with E-state index in [0.29, 0.717) is 15.4 Å². The number of rotatable bonds is 5. The van der Waals surface area contributed by atoms with Crippen LogP contribution in [0.15, 0.2) is 33.6 Å². The van der Waals surface area contributed by atoms with Gasteiger partial charge in [0, 0.05) is 12.5 Å². The maximum atomic E-state index is 5.90. The summed E-state index contributed by atoms with van der Waals surface area (Å²) in [6.45, 7) is 2.09. The van der Waals surface area contributed by atoms with Crippen molar-refractivity contribution in [1.29, 1.82) is 0 Å². The van der Waals surface area contributed by atoms with Gasteiger partial charge in [-0.3, -0.25) is 0 Å². The van der Waals surface area contributed by atoms with E-state index in [-0.39, 0.29) is 6.04 Å². The average molecular weight is 331 g/mol. The van der Waals surface area contributed by atoms with E-state index >= 15 is 0 Å². The van der Waals surface area contributed by atoms with E-state index in [1.54, 1.807) is 6.26 Å². The smallest absolute Gasteiger partial charge is 0.148 e. The van der Waals surface area contributed by atoms with Crippen molar-refractivity contribution in [2.45, 2.75) is 25.8 Å². The average Bonchev–Trinajstić information content (AvgIpc) is 2.86. The molecule has 0 bridgehead atoms. The maximum absolute atomic E-state index is 5.90. The molecule has 1 atom stereocenters. The minimum Gasteiger partial charge on any atom is -0.469 e. The van der Waals surface area contributed by atoms with Crippen LogP contribution < -0.4 is 5.32 Å². The molecule has 18 heavy (non-hydrogen) atoms. The van der Waals surface area contributed by atoms with E-state index in [4.69, 9.17) is 16.0 Å². The van der Waals surface area contributed by atoms with Gasteiger partial charge in [0.25, 0.3) is 0 Å². The van der Waals surface area contributed by atoms with Gasteiger partial charge < -0.3 is 9.73 Å². The van der Waals surface area contributed by atoms with Gasteiger partial charge >= 0.3 is 0 Å². The van der Waals surface area contributed by atoms with Crippen molar-refractivity contribution in [3.63, 3.8) is 0 Å². The van der Waals surface area contributed by atoms with E-state index in [2.05, 4.69) is 38.1 Å². The first-order chi connectivity index (χ1) is 8.66. The molecule has 1 unspecified atom stereocenters. The molecule has 0 saturated carbocycles. The first kappa shape index (κ1) is 13.4. The van der Waals surface area contributed by atoms with Gasteiger partial charge in [-0.25, -0.2) is 9.97 Å². The molecule has 2 aromatic heterocycles. The van der Waals surface area contributed by atoms with Crippen LogP contribution in [0.5, 0.6) is 0 Å². The van der Waals surface area contributed by atoms with Crippen LogP contribution in [0.1, 0.15) is 19.1 Å². The van der Waals surface area contributed by atoms with Gasteiger partial charge in [-0.2, -0.15) is 0 Å². The molecule has 4 nitrogen and oxygen atoms in total. The topological polar surface area (TPSA) is 51.0 Å². The van der Waals surface area contributed by atoms with Crippen LogP contribution in [0.3, 0.4) is 0 Å². The zero-order valence-electron chi connectivity index (χ0n) is 9.86. The Morgan fingerprint density at radius 3 is 3.06 bits per heavy atom. The number of aryl methyl sites for hydroxylation is 1. The van der Waals surface area contributed by atoms with Crippen LogP contribution in [0.4, 0.5) is 5.82 Å². The highest BCUT2D eigenvalue weighted by Gasteiger charge is 2.10. The molecule has 0 aromatic carbocycles. The highest BCUT2D eigenvalue weighted by Crippen LogP contribution is 2.26. The molecule has 0 amide bonds. The molecular weight excluding hydrogens is 318 g/mol. The largest absolute Gasteiger partial charge is 0.469 e. The van der Waals surface area contributed by atoms with Crippen molar-refractivity contribution in [2.75, 3.05) is 5.32 Å². The Labute approximate surface area is 119 Å². The molecule has 2 rings (SSSR count). The lowest BCUT2D eigenvalue weighted by molar-refractivity contribution is 0.495. The Morgan fingerprint density at radius 2 is 2.33 bits per heavy atom. The molecule has 6 heteroatoms.